The maximum atomic E-state index is 12.9. The van der Waals surface area contributed by atoms with E-state index in [4.69, 9.17) is 0 Å². The van der Waals surface area contributed by atoms with Gasteiger partial charge in [-0.2, -0.15) is 5.10 Å². The first-order valence-electron chi connectivity index (χ1n) is 12.6. The van der Waals surface area contributed by atoms with E-state index in [1.54, 1.807) is 48.7 Å². The summed E-state index contributed by atoms with van der Waals surface area (Å²) in [6.07, 6.45) is 6.68. The van der Waals surface area contributed by atoms with Crippen LogP contribution in [0.15, 0.2) is 90.0 Å². The Balaban J connectivity index is 1.61. The average Bonchev–Trinajstić information content (AvgIpc) is 3.38. The zero-order valence-electron chi connectivity index (χ0n) is 23.2. The number of aromatic nitrogens is 2. The van der Waals surface area contributed by atoms with Gasteiger partial charge in [-0.1, -0.05) is 12.1 Å². The molecule has 4 aromatic rings. The minimum absolute atomic E-state index is 0.142. The van der Waals surface area contributed by atoms with Crippen molar-refractivity contribution in [1.29, 1.82) is 0 Å². The molecule has 0 spiro atoms. The van der Waals surface area contributed by atoms with Crippen LogP contribution in [0.2, 0.25) is 0 Å². The second kappa shape index (κ2) is 12.9. The van der Waals surface area contributed by atoms with E-state index in [9.17, 15) is 36.5 Å². The van der Waals surface area contributed by atoms with E-state index in [-0.39, 0.29) is 10.7 Å². The molecule has 228 valence electrons. The van der Waals surface area contributed by atoms with Crippen LogP contribution in [-0.2, 0) is 29.5 Å². The lowest BCUT2D eigenvalue weighted by Crippen LogP contribution is -2.20. The number of anilines is 2. The Morgan fingerprint density at radius 3 is 2.11 bits per heavy atom. The summed E-state index contributed by atoms with van der Waals surface area (Å²) in [5.41, 5.74) is 3.12. The fraction of sp³-hybridized carbons (Fsp3) is 0.107. The van der Waals surface area contributed by atoms with Gasteiger partial charge in [-0.05, 0) is 72.8 Å². The van der Waals surface area contributed by atoms with Crippen molar-refractivity contribution in [3.8, 4) is 16.9 Å². The molecule has 3 aromatic carbocycles. The van der Waals surface area contributed by atoms with Gasteiger partial charge in [-0.25, -0.2) is 21.5 Å². The Morgan fingerprint density at radius 2 is 1.55 bits per heavy atom. The Bertz CT molecular complexity index is 1950. The molecule has 14 nitrogen and oxygen atoms in total. The van der Waals surface area contributed by atoms with Gasteiger partial charge in [0.2, 0.25) is 15.9 Å². The number of rotatable bonds is 12. The lowest BCUT2D eigenvalue weighted by molar-refractivity contribution is -0.754. The molecule has 0 radical (unpaired) electrons. The monoisotopic (exact) mass is 639 g/mol. The minimum atomic E-state index is -3.48. The van der Waals surface area contributed by atoms with Crippen molar-refractivity contribution in [1.82, 2.24) is 9.78 Å². The molecular weight excluding hydrogens is 614 g/mol. The first-order chi connectivity index (χ1) is 20.7. The number of sulfonamides is 1. The van der Waals surface area contributed by atoms with Crippen LogP contribution in [0.25, 0.3) is 23.0 Å². The number of hydrogen-bond acceptors (Lipinski definition) is 10. The third kappa shape index (κ3) is 8.59. The van der Waals surface area contributed by atoms with Gasteiger partial charge in [0.1, 0.15) is 0 Å². The van der Waals surface area contributed by atoms with E-state index in [0.717, 1.165) is 12.5 Å². The SMILES string of the molecule is CS(=O)(=O)Nc1ccc(-c2nn(-c3ccc(S(C)(=O)=O)cc3)cc2/C=C/C(=O)c2ccc(NC(=O)CO[N+](=O)[O-])cc2)cc1. The highest BCUT2D eigenvalue weighted by molar-refractivity contribution is 7.92. The molecule has 1 amide bonds. The maximum Gasteiger partial charge on any atom is 0.295 e. The molecule has 0 fully saturated rings. The molecule has 0 unspecified atom stereocenters. The Hall–Kier alpha value is -5.35. The van der Waals surface area contributed by atoms with Crippen molar-refractivity contribution >= 4 is 49.0 Å². The predicted octanol–water partition coefficient (Wildman–Crippen LogP) is 3.36. The molecule has 2 N–H and O–H groups in total. The van der Waals surface area contributed by atoms with Crippen LogP contribution in [0.1, 0.15) is 15.9 Å². The highest BCUT2D eigenvalue weighted by Gasteiger charge is 2.14. The van der Waals surface area contributed by atoms with Crippen LogP contribution in [0.4, 0.5) is 11.4 Å². The van der Waals surface area contributed by atoms with Crippen molar-refractivity contribution in [2.24, 2.45) is 0 Å². The highest BCUT2D eigenvalue weighted by Crippen LogP contribution is 2.27. The average molecular weight is 640 g/mol. The maximum absolute atomic E-state index is 12.9. The standard InChI is InChI=1S/C28H25N5O9S2/c1-43(38,39)25-14-12-24(13-15-25)32-17-21(28(30-32)20-5-10-23(11-6-20)31-44(2,40)41)7-16-26(34)19-3-8-22(9-4-19)29-27(35)18-42-33(36)37/h3-17,31H,18H2,1-2H3,(H,29,35)/b16-7+. The van der Waals surface area contributed by atoms with Crippen LogP contribution in [0, 0.1) is 10.1 Å². The van der Waals surface area contributed by atoms with Crippen molar-refractivity contribution in [2.45, 2.75) is 4.90 Å². The number of amides is 1. The predicted molar refractivity (Wildman–Crippen MR) is 162 cm³/mol. The third-order valence-electron chi connectivity index (χ3n) is 5.90. The number of nitrogens with one attached hydrogen (secondary N) is 2. The summed E-state index contributed by atoms with van der Waals surface area (Å²) in [6, 6.07) is 18.4. The van der Waals surface area contributed by atoms with Gasteiger partial charge in [0, 0.05) is 40.5 Å². The van der Waals surface area contributed by atoms with Crippen LogP contribution in [0.3, 0.4) is 0 Å². The number of ketones is 1. The third-order valence-corrected chi connectivity index (χ3v) is 7.64. The molecule has 0 aliphatic carbocycles. The molecule has 0 bridgehead atoms. The van der Waals surface area contributed by atoms with Gasteiger partial charge in [0.15, 0.2) is 22.2 Å². The summed E-state index contributed by atoms with van der Waals surface area (Å²) < 4.78 is 50.8. The molecule has 16 heteroatoms. The zero-order chi connectivity index (χ0) is 32.1. The van der Waals surface area contributed by atoms with Gasteiger partial charge < -0.3 is 10.2 Å². The largest absolute Gasteiger partial charge is 0.324 e. The van der Waals surface area contributed by atoms with Gasteiger partial charge in [0.05, 0.1) is 22.5 Å². The first-order valence-corrected chi connectivity index (χ1v) is 16.3. The topological polar surface area (TPSA) is 197 Å². The Kier molecular flexibility index (Phi) is 9.25. The zero-order valence-corrected chi connectivity index (χ0v) is 24.8. The quantitative estimate of drug-likeness (QED) is 0.100. The number of sulfone groups is 1. The van der Waals surface area contributed by atoms with Crippen LogP contribution < -0.4 is 10.0 Å². The molecular formula is C28H25N5O9S2. The fourth-order valence-corrected chi connectivity index (χ4v) is 5.10. The molecule has 44 heavy (non-hydrogen) atoms. The van der Waals surface area contributed by atoms with E-state index >= 15 is 0 Å². The second-order valence-electron chi connectivity index (χ2n) is 9.42. The second-order valence-corrected chi connectivity index (χ2v) is 13.2. The van der Waals surface area contributed by atoms with Crippen molar-refractivity contribution < 1.29 is 36.3 Å². The highest BCUT2D eigenvalue weighted by atomic mass is 32.2. The van der Waals surface area contributed by atoms with Crippen LogP contribution in [0.5, 0.6) is 0 Å². The number of hydrogen-bond donors (Lipinski definition) is 2. The number of carbonyl (C=O) groups excluding carboxylic acids is 2. The van der Waals surface area contributed by atoms with Crippen molar-refractivity contribution in [3.63, 3.8) is 0 Å². The summed E-state index contributed by atoms with van der Waals surface area (Å²) in [5, 5.41) is 16.2. The van der Waals surface area contributed by atoms with E-state index in [1.165, 1.54) is 47.2 Å². The number of carbonyl (C=O) groups is 2. The smallest absolute Gasteiger partial charge is 0.295 e. The van der Waals surface area contributed by atoms with Crippen LogP contribution >= 0.6 is 0 Å². The summed E-state index contributed by atoms with van der Waals surface area (Å²) in [7, 11) is -6.88. The molecule has 0 atom stereocenters. The lowest BCUT2D eigenvalue weighted by Gasteiger charge is -2.05. The number of allylic oxidation sites excluding steroid dienone is 1. The molecule has 1 aromatic heterocycles. The molecule has 0 saturated carbocycles. The van der Waals surface area contributed by atoms with E-state index in [0.29, 0.717) is 39.4 Å². The van der Waals surface area contributed by atoms with Crippen molar-refractivity contribution in [3.05, 3.63) is 106 Å². The molecule has 0 aliphatic heterocycles. The first kappa shape index (κ1) is 31.6. The molecule has 0 saturated heterocycles. The number of nitrogens with zero attached hydrogens (tertiary/aromatic N) is 3. The van der Waals surface area contributed by atoms with E-state index in [1.807, 2.05) is 0 Å². The molecule has 0 aliphatic rings. The van der Waals surface area contributed by atoms with Gasteiger partial charge in [0.25, 0.3) is 5.09 Å². The summed E-state index contributed by atoms with van der Waals surface area (Å²) in [4.78, 5) is 39.0. The molecule has 4 rings (SSSR count). The van der Waals surface area contributed by atoms with Gasteiger partial charge in [-0.15, -0.1) is 10.1 Å². The summed E-state index contributed by atoms with van der Waals surface area (Å²) in [5.74, 6) is -1.11. The Labute approximate surface area is 252 Å². The fourth-order valence-electron chi connectivity index (χ4n) is 3.91. The summed E-state index contributed by atoms with van der Waals surface area (Å²) in [6.45, 7) is -0.773. The minimum Gasteiger partial charge on any atom is -0.324 e. The Morgan fingerprint density at radius 1 is 0.932 bits per heavy atom. The number of benzene rings is 3. The van der Waals surface area contributed by atoms with Crippen molar-refractivity contribution in [2.75, 3.05) is 29.2 Å². The lowest BCUT2D eigenvalue weighted by atomic mass is 10.1. The van der Waals surface area contributed by atoms with Crippen LogP contribution in [-0.4, -0.2) is 62.5 Å². The van der Waals surface area contributed by atoms with E-state index in [2.05, 4.69) is 20.0 Å². The molecule has 1 heterocycles. The van der Waals surface area contributed by atoms with Gasteiger partial charge >= 0.3 is 0 Å². The normalized spacial score (nSPS) is 11.7. The summed E-state index contributed by atoms with van der Waals surface area (Å²) >= 11 is 0. The van der Waals surface area contributed by atoms with Gasteiger partial charge in [-0.3, -0.25) is 14.3 Å². The van der Waals surface area contributed by atoms with E-state index < -0.39 is 37.5 Å².